The van der Waals surface area contributed by atoms with Gasteiger partial charge >= 0.3 is 0 Å². The number of fused-ring (bicyclic) bond motifs is 1. The Labute approximate surface area is 233 Å². The highest BCUT2D eigenvalue weighted by atomic mass is 32.2. The van der Waals surface area contributed by atoms with E-state index in [-0.39, 0.29) is 16.7 Å². The summed E-state index contributed by atoms with van der Waals surface area (Å²) in [5.41, 5.74) is 8.04. The molecule has 2 aliphatic heterocycles. The second-order valence-electron chi connectivity index (χ2n) is 8.09. The summed E-state index contributed by atoms with van der Waals surface area (Å²) in [4.78, 5) is 49.1. The molecular formula is C22H19FN7O4S4+. The van der Waals surface area contributed by atoms with Crippen LogP contribution in [0.25, 0.3) is 16.7 Å². The average molecular weight is 593 g/mol. The van der Waals surface area contributed by atoms with Crippen LogP contribution in [0.1, 0.15) is 10.7 Å². The molecule has 1 saturated heterocycles. The number of oxime groups is 1. The minimum atomic E-state index is -1.28. The predicted molar refractivity (Wildman–Crippen MR) is 145 cm³/mol. The van der Waals surface area contributed by atoms with Gasteiger partial charge < -0.3 is 15.9 Å². The molecule has 5 rings (SSSR count). The van der Waals surface area contributed by atoms with E-state index in [1.165, 1.54) is 28.0 Å². The fourth-order valence-corrected chi connectivity index (χ4v) is 7.12. The van der Waals surface area contributed by atoms with Crippen molar-refractivity contribution >= 4 is 80.6 Å². The number of pyridine rings is 1. The van der Waals surface area contributed by atoms with Gasteiger partial charge in [-0.25, -0.2) is 8.96 Å². The number of carbonyl (C=O) groups excluding carboxylic acids is 3. The van der Waals surface area contributed by atoms with Gasteiger partial charge in [0.25, 0.3) is 18.7 Å². The molecule has 5 heterocycles. The number of thiophene rings is 1. The van der Waals surface area contributed by atoms with E-state index in [9.17, 15) is 18.8 Å². The van der Waals surface area contributed by atoms with Gasteiger partial charge in [-0.05, 0) is 23.1 Å². The maximum Gasteiger partial charge on any atom is 0.278 e. The van der Waals surface area contributed by atoms with Gasteiger partial charge in [-0.15, -0.1) is 23.1 Å². The number of hydrogen-bond donors (Lipinski definition) is 3. The van der Waals surface area contributed by atoms with Crippen molar-refractivity contribution in [3.8, 4) is 11.1 Å². The zero-order chi connectivity index (χ0) is 27.0. The van der Waals surface area contributed by atoms with Gasteiger partial charge in [-0.2, -0.15) is 9.36 Å². The quantitative estimate of drug-likeness (QED) is 0.118. The molecule has 0 saturated carbocycles. The Kier molecular flexibility index (Phi) is 7.47. The number of thioether (sulfide) groups is 1. The minimum Gasteiger partial charge on any atom is -0.374 e. The van der Waals surface area contributed by atoms with Crippen molar-refractivity contribution in [1.29, 1.82) is 0 Å². The highest BCUT2D eigenvalue weighted by Crippen LogP contribution is 2.45. The normalized spacial score (nSPS) is 19.2. The number of hydrogen-bond acceptors (Lipinski definition) is 11. The lowest BCUT2D eigenvalue weighted by Gasteiger charge is -2.49. The molecule has 16 heteroatoms. The van der Waals surface area contributed by atoms with E-state index in [1.54, 1.807) is 0 Å². The van der Waals surface area contributed by atoms with Crippen molar-refractivity contribution in [2.75, 3.05) is 18.3 Å². The summed E-state index contributed by atoms with van der Waals surface area (Å²) < 4.78 is 18.4. The second-order valence-corrected chi connectivity index (χ2v) is 11.3. The van der Waals surface area contributed by atoms with Crippen LogP contribution >= 0.6 is 47.3 Å². The number of rotatable bonds is 8. The van der Waals surface area contributed by atoms with E-state index in [0.717, 1.165) is 27.5 Å². The topological polar surface area (TPSA) is 144 Å². The Balaban J connectivity index is 1.38. The first kappa shape index (κ1) is 26.3. The molecule has 3 aromatic rings. The number of nitrogens with zero attached hydrogens (tertiary/aromatic N) is 5. The number of thiol groups is 1. The van der Waals surface area contributed by atoms with Gasteiger partial charge in [0.05, 0.1) is 0 Å². The number of nitrogens with one attached hydrogen (secondary N) is 1. The first-order valence-corrected chi connectivity index (χ1v) is 14.1. The maximum atomic E-state index is 13.2. The Morgan fingerprint density at radius 3 is 2.92 bits per heavy atom. The zero-order valence-electron chi connectivity index (χ0n) is 19.5. The number of nitrogen functional groups attached to an aromatic ring is 1. The average Bonchev–Trinajstić information content (AvgIpc) is 3.56. The molecule has 3 aromatic heterocycles. The highest BCUT2D eigenvalue weighted by Gasteiger charge is 2.54. The lowest BCUT2D eigenvalue weighted by atomic mass is 10.0. The van der Waals surface area contributed by atoms with Crippen molar-refractivity contribution in [3.63, 3.8) is 0 Å². The SMILES string of the molecule is C[n+]1cccc(-c2csc(C3=C(C(=O)S)N4C(=O)[C@@H](NC(=O)/C(=N\OCF)c5nsc(N)n5)[C@H]4SC3)c2)c1. The number of carbonyl (C=O) groups is 3. The number of anilines is 1. The van der Waals surface area contributed by atoms with E-state index < -0.39 is 40.9 Å². The molecule has 38 heavy (non-hydrogen) atoms. The molecular weight excluding hydrogens is 574 g/mol. The molecule has 0 spiro atoms. The molecule has 3 N–H and O–H groups in total. The van der Waals surface area contributed by atoms with Crippen molar-refractivity contribution in [1.82, 2.24) is 19.6 Å². The van der Waals surface area contributed by atoms with Crippen LogP contribution in [0.15, 0.2) is 46.8 Å². The van der Waals surface area contributed by atoms with Crippen LogP contribution in [0.2, 0.25) is 0 Å². The molecule has 1 fully saturated rings. The van der Waals surface area contributed by atoms with Crippen molar-refractivity contribution in [3.05, 3.63) is 52.4 Å². The van der Waals surface area contributed by atoms with Crippen LogP contribution in [0.4, 0.5) is 9.52 Å². The van der Waals surface area contributed by atoms with Crippen LogP contribution in [0.3, 0.4) is 0 Å². The summed E-state index contributed by atoms with van der Waals surface area (Å²) in [6, 6.07) is 4.96. The fraction of sp³-hybridized carbons (Fsp3) is 0.227. The third-order valence-corrected chi connectivity index (χ3v) is 8.72. The first-order valence-electron chi connectivity index (χ1n) is 10.9. The van der Waals surface area contributed by atoms with Gasteiger partial charge in [-0.3, -0.25) is 19.3 Å². The summed E-state index contributed by atoms with van der Waals surface area (Å²) in [7, 11) is 1.94. The third-order valence-electron chi connectivity index (χ3n) is 5.70. The van der Waals surface area contributed by atoms with E-state index in [4.69, 9.17) is 5.73 Å². The Hall–Kier alpha value is -3.34. The van der Waals surface area contributed by atoms with Gasteiger partial charge in [-0.1, -0.05) is 17.8 Å². The Bertz CT molecular complexity index is 1500. The number of nitrogens with two attached hydrogens (primary N) is 1. The van der Waals surface area contributed by atoms with E-state index in [1.807, 2.05) is 47.6 Å². The monoisotopic (exact) mass is 592 g/mol. The number of aryl methyl sites for hydroxylation is 1. The number of alkyl halides is 1. The molecule has 0 radical (unpaired) electrons. The summed E-state index contributed by atoms with van der Waals surface area (Å²) >= 11 is 7.74. The lowest BCUT2D eigenvalue weighted by molar-refractivity contribution is -0.671. The molecule has 2 aliphatic rings. The van der Waals surface area contributed by atoms with E-state index in [2.05, 4.69) is 37.3 Å². The number of aromatic nitrogens is 3. The molecule has 0 bridgehead atoms. The van der Waals surface area contributed by atoms with Gasteiger partial charge in [0.2, 0.25) is 16.7 Å². The van der Waals surface area contributed by atoms with Gasteiger partial charge in [0.15, 0.2) is 17.5 Å². The molecule has 0 aromatic carbocycles. The Morgan fingerprint density at radius 2 is 2.24 bits per heavy atom. The summed E-state index contributed by atoms with van der Waals surface area (Å²) in [6.07, 6.45) is 3.93. The molecule has 0 aliphatic carbocycles. The van der Waals surface area contributed by atoms with Crippen molar-refractivity contribution in [2.45, 2.75) is 11.4 Å². The maximum absolute atomic E-state index is 13.2. The zero-order valence-corrected chi connectivity index (χ0v) is 22.9. The minimum absolute atomic E-state index is 0.0713. The highest BCUT2D eigenvalue weighted by molar-refractivity contribution is 8.00. The Morgan fingerprint density at radius 1 is 1.42 bits per heavy atom. The van der Waals surface area contributed by atoms with Gasteiger partial charge in [0, 0.05) is 39.4 Å². The predicted octanol–water partition coefficient (Wildman–Crippen LogP) is 1.59. The molecule has 196 valence electrons. The van der Waals surface area contributed by atoms with Crippen molar-refractivity contribution < 1.29 is 28.2 Å². The van der Waals surface area contributed by atoms with Crippen LogP contribution in [-0.4, -0.2) is 60.9 Å². The lowest BCUT2D eigenvalue weighted by Crippen LogP contribution is -2.70. The fourth-order valence-electron chi connectivity index (χ4n) is 4.03. The third kappa shape index (κ3) is 4.91. The number of β-lactam (4-membered cyclic amide) rings is 1. The van der Waals surface area contributed by atoms with Crippen LogP contribution in [0, 0.1) is 0 Å². The van der Waals surface area contributed by atoms with Crippen molar-refractivity contribution in [2.24, 2.45) is 12.2 Å². The van der Waals surface area contributed by atoms with Crippen LogP contribution in [-0.2, 0) is 26.3 Å². The standard InChI is InChI=1S/C22H18FN7O4S4/c1-29-4-2-3-10(6-29)11-5-13(36-7-11)12-8-37-20-15(19(32)30(20)16(12)21(33)35)25-18(31)14(27-34-9-23)17-26-22(24)38-28-17/h2-7,15,20H,8-9H2,1H3,(H3-,24,25,26,28,31,33,35)/p+1/b27-14-/t15-,20-/m1/s1. The molecule has 0 unspecified atom stereocenters. The van der Waals surface area contributed by atoms with Crippen LogP contribution < -0.4 is 15.6 Å². The second kappa shape index (κ2) is 10.8. The molecule has 2 atom stereocenters. The molecule has 11 nitrogen and oxygen atoms in total. The molecule has 2 amide bonds. The first-order chi connectivity index (χ1) is 18.3. The number of halogens is 1. The summed E-state index contributed by atoms with van der Waals surface area (Å²) in [6.45, 7) is -1.28. The largest absolute Gasteiger partial charge is 0.374 e. The smallest absolute Gasteiger partial charge is 0.278 e. The van der Waals surface area contributed by atoms with Crippen LogP contribution in [0.5, 0.6) is 0 Å². The van der Waals surface area contributed by atoms with E-state index >= 15 is 0 Å². The van der Waals surface area contributed by atoms with Gasteiger partial charge in [0.1, 0.15) is 24.2 Å². The number of amides is 2. The van der Waals surface area contributed by atoms with E-state index in [0.29, 0.717) is 11.3 Å². The summed E-state index contributed by atoms with van der Waals surface area (Å²) in [5, 5.41) is 6.98. The summed E-state index contributed by atoms with van der Waals surface area (Å²) in [5.74, 6) is -1.08.